The molecule has 6 nitrogen and oxygen atoms in total. The number of hydrogen-bond donors (Lipinski definition) is 0. The topological polar surface area (TPSA) is 58.6 Å². The van der Waals surface area contributed by atoms with Gasteiger partial charge in [0.05, 0.1) is 18.7 Å². The van der Waals surface area contributed by atoms with Gasteiger partial charge in [-0.05, 0) is 17.9 Å². The van der Waals surface area contributed by atoms with Crippen LogP contribution >= 0.6 is 11.3 Å². The molecule has 0 aliphatic carbocycles. The summed E-state index contributed by atoms with van der Waals surface area (Å²) in [4.78, 5) is 24.9. The molecule has 1 aliphatic heterocycles. The molecular weight excluding hydrogens is 300 g/mol. The van der Waals surface area contributed by atoms with Crippen LogP contribution in [0.4, 0.5) is 5.82 Å². The number of thiophene rings is 1. The summed E-state index contributed by atoms with van der Waals surface area (Å²) in [6.45, 7) is 1.57. The van der Waals surface area contributed by atoms with Crippen molar-refractivity contribution in [3.05, 3.63) is 34.8 Å². The van der Waals surface area contributed by atoms with Gasteiger partial charge >= 0.3 is 0 Å². The zero-order valence-corrected chi connectivity index (χ0v) is 13.4. The smallest absolute Gasteiger partial charge is 0.257 e. The first-order chi connectivity index (χ1) is 10.7. The number of aromatic nitrogens is 2. The van der Waals surface area contributed by atoms with Crippen LogP contribution in [0.15, 0.2) is 29.2 Å². The number of hydrogen-bond acceptors (Lipinski definition) is 6. The van der Waals surface area contributed by atoms with E-state index >= 15 is 0 Å². The molecule has 0 spiro atoms. The molecule has 1 aliphatic rings. The Kier molecular flexibility index (Phi) is 4.24. The zero-order valence-electron chi connectivity index (χ0n) is 12.6. The molecule has 0 N–H and O–H groups in total. The molecule has 0 saturated carbocycles. The highest BCUT2D eigenvalue weighted by Crippen LogP contribution is 2.27. The van der Waals surface area contributed by atoms with Crippen molar-refractivity contribution in [2.24, 2.45) is 0 Å². The summed E-state index contributed by atoms with van der Waals surface area (Å²) in [5.74, 6) is 1.33. The van der Waals surface area contributed by atoms with Crippen molar-refractivity contribution in [2.45, 2.75) is 12.5 Å². The largest absolute Gasteiger partial charge is 0.478 e. The maximum absolute atomic E-state index is 12.4. The van der Waals surface area contributed by atoms with Gasteiger partial charge in [0.1, 0.15) is 0 Å². The Morgan fingerprint density at radius 1 is 1.45 bits per heavy atom. The highest BCUT2D eigenvalue weighted by molar-refractivity contribution is 7.08. The molecule has 7 heteroatoms. The van der Waals surface area contributed by atoms with Crippen LogP contribution in [0.3, 0.4) is 0 Å². The van der Waals surface area contributed by atoms with Crippen LogP contribution < -0.4 is 9.64 Å². The van der Waals surface area contributed by atoms with E-state index in [-0.39, 0.29) is 11.9 Å². The second kappa shape index (κ2) is 6.31. The van der Waals surface area contributed by atoms with Crippen LogP contribution in [-0.4, -0.2) is 54.1 Å². The van der Waals surface area contributed by atoms with Gasteiger partial charge < -0.3 is 14.5 Å². The molecule has 0 unspecified atom stereocenters. The zero-order chi connectivity index (χ0) is 15.5. The third kappa shape index (κ3) is 2.76. The van der Waals surface area contributed by atoms with Crippen molar-refractivity contribution in [2.75, 3.05) is 32.1 Å². The number of nitrogens with zero attached hydrogens (tertiary/aromatic N) is 4. The Hall–Kier alpha value is -2.15. The molecule has 1 amide bonds. The summed E-state index contributed by atoms with van der Waals surface area (Å²) in [5, 5.41) is 3.81. The lowest BCUT2D eigenvalue weighted by Gasteiger charge is -2.25. The Morgan fingerprint density at radius 2 is 2.27 bits per heavy atom. The number of anilines is 1. The molecule has 116 valence electrons. The molecule has 1 atom stereocenters. The fourth-order valence-electron chi connectivity index (χ4n) is 2.68. The van der Waals surface area contributed by atoms with E-state index in [0.717, 1.165) is 30.9 Å². The van der Waals surface area contributed by atoms with Crippen LogP contribution in [0.1, 0.15) is 16.8 Å². The van der Waals surface area contributed by atoms with Crippen LogP contribution in [0.5, 0.6) is 5.88 Å². The molecule has 2 aromatic rings. The second-order valence-corrected chi connectivity index (χ2v) is 5.99. The van der Waals surface area contributed by atoms with Crippen molar-refractivity contribution < 1.29 is 9.53 Å². The number of methoxy groups -OCH3 is 1. The minimum Gasteiger partial charge on any atom is -0.478 e. The van der Waals surface area contributed by atoms with Gasteiger partial charge in [-0.15, -0.1) is 0 Å². The van der Waals surface area contributed by atoms with Crippen molar-refractivity contribution in [1.82, 2.24) is 14.9 Å². The summed E-state index contributed by atoms with van der Waals surface area (Å²) in [6.07, 6.45) is 4.18. The summed E-state index contributed by atoms with van der Waals surface area (Å²) >= 11 is 1.54. The predicted molar refractivity (Wildman–Crippen MR) is 85.6 cm³/mol. The molecule has 1 fully saturated rings. The quantitative estimate of drug-likeness (QED) is 0.862. The molecule has 2 aromatic heterocycles. The van der Waals surface area contributed by atoms with Crippen molar-refractivity contribution in [1.29, 1.82) is 0 Å². The molecule has 3 heterocycles. The predicted octanol–water partition coefficient (Wildman–Crippen LogP) is 1.90. The number of carbonyl (C=O) groups is 1. The molecule has 3 rings (SSSR count). The fraction of sp³-hybridized carbons (Fsp3) is 0.400. The Morgan fingerprint density at radius 3 is 3.00 bits per heavy atom. The molecule has 0 bridgehead atoms. The molecule has 22 heavy (non-hydrogen) atoms. The average molecular weight is 318 g/mol. The lowest BCUT2D eigenvalue weighted by atomic mass is 10.2. The van der Waals surface area contributed by atoms with Crippen LogP contribution in [0.25, 0.3) is 0 Å². The average Bonchev–Trinajstić information content (AvgIpc) is 3.24. The van der Waals surface area contributed by atoms with E-state index in [1.54, 1.807) is 19.5 Å². The third-order valence-corrected chi connectivity index (χ3v) is 4.62. The van der Waals surface area contributed by atoms with Crippen LogP contribution in [0, 0.1) is 0 Å². The number of amides is 1. The minimum atomic E-state index is 0.0687. The van der Waals surface area contributed by atoms with Gasteiger partial charge in [0.15, 0.2) is 5.82 Å². The number of likely N-dealkylation sites (N-methyl/N-ethyl adjacent to an activating group) is 1. The van der Waals surface area contributed by atoms with Gasteiger partial charge in [0.25, 0.3) is 11.8 Å². The normalized spacial score (nSPS) is 17.5. The number of rotatable bonds is 4. The van der Waals surface area contributed by atoms with Gasteiger partial charge in [-0.1, -0.05) is 0 Å². The van der Waals surface area contributed by atoms with E-state index in [9.17, 15) is 4.79 Å². The minimum absolute atomic E-state index is 0.0687. The van der Waals surface area contributed by atoms with Crippen molar-refractivity contribution in [3.8, 4) is 5.88 Å². The van der Waals surface area contributed by atoms with Crippen LogP contribution in [0.2, 0.25) is 0 Å². The third-order valence-electron chi connectivity index (χ3n) is 3.94. The Bertz CT molecular complexity index is 647. The lowest BCUT2D eigenvalue weighted by molar-refractivity contribution is 0.0745. The lowest BCUT2D eigenvalue weighted by Crippen LogP contribution is -2.39. The van der Waals surface area contributed by atoms with E-state index in [0.29, 0.717) is 5.88 Å². The number of ether oxygens (including phenoxy) is 1. The molecule has 1 saturated heterocycles. The van der Waals surface area contributed by atoms with Crippen LogP contribution in [-0.2, 0) is 0 Å². The second-order valence-electron chi connectivity index (χ2n) is 5.21. The molecular formula is C15H18N4O2S. The Balaban J connectivity index is 1.71. The first-order valence-corrected chi connectivity index (χ1v) is 8.04. The van der Waals surface area contributed by atoms with Gasteiger partial charge in [0, 0.05) is 37.9 Å². The van der Waals surface area contributed by atoms with E-state index in [2.05, 4.69) is 14.9 Å². The fourth-order valence-corrected chi connectivity index (χ4v) is 3.31. The highest BCUT2D eigenvalue weighted by atomic mass is 32.1. The highest BCUT2D eigenvalue weighted by Gasteiger charge is 2.31. The van der Waals surface area contributed by atoms with E-state index < -0.39 is 0 Å². The van der Waals surface area contributed by atoms with E-state index in [1.165, 1.54) is 11.3 Å². The van der Waals surface area contributed by atoms with Crippen molar-refractivity contribution in [3.63, 3.8) is 0 Å². The van der Waals surface area contributed by atoms with E-state index in [4.69, 9.17) is 4.74 Å². The SMILES string of the molecule is COc1nccnc1N1CC[C@@H](N(C)C(=O)c2ccsc2)C1. The molecule has 0 radical (unpaired) electrons. The first-order valence-electron chi connectivity index (χ1n) is 7.10. The first kappa shape index (κ1) is 14.8. The van der Waals surface area contributed by atoms with Gasteiger partial charge in [-0.2, -0.15) is 11.3 Å². The summed E-state index contributed by atoms with van der Waals surface area (Å²) in [6, 6.07) is 2.03. The Labute approximate surface area is 133 Å². The maximum atomic E-state index is 12.4. The summed E-state index contributed by atoms with van der Waals surface area (Å²) in [5.41, 5.74) is 0.753. The van der Waals surface area contributed by atoms with Crippen molar-refractivity contribution >= 4 is 23.1 Å². The summed E-state index contributed by atoms with van der Waals surface area (Å²) in [7, 11) is 3.45. The monoisotopic (exact) mass is 318 g/mol. The standard InChI is InChI=1S/C15H18N4O2S/c1-18(15(20)11-4-8-22-10-11)12-3-7-19(9-12)13-14(21-2)17-6-5-16-13/h4-6,8,10,12H,3,7,9H2,1-2H3/t12-/m1/s1. The maximum Gasteiger partial charge on any atom is 0.257 e. The van der Waals surface area contributed by atoms with Gasteiger partial charge in [-0.25, -0.2) is 9.97 Å². The summed E-state index contributed by atoms with van der Waals surface area (Å²) < 4.78 is 5.27. The van der Waals surface area contributed by atoms with Gasteiger partial charge in [-0.3, -0.25) is 4.79 Å². The molecule has 0 aromatic carbocycles. The van der Waals surface area contributed by atoms with E-state index in [1.807, 2.05) is 28.8 Å². The number of carbonyl (C=O) groups excluding carboxylic acids is 1. The van der Waals surface area contributed by atoms with Gasteiger partial charge in [0.2, 0.25) is 0 Å².